The van der Waals surface area contributed by atoms with Crippen LogP contribution >= 0.6 is 0 Å². The van der Waals surface area contributed by atoms with Crippen molar-refractivity contribution in [1.82, 2.24) is 25.5 Å². The predicted octanol–water partition coefficient (Wildman–Crippen LogP) is 3.13. The number of rotatable bonds is 5. The molecule has 3 N–H and O–H groups in total. The van der Waals surface area contributed by atoms with Crippen LogP contribution in [0.2, 0.25) is 0 Å². The molecule has 0 fully saturated rings. The molecule has 0 aliphatic carbocycles. The summed E-state index contributed by atoms with van der Waals surface area (Å²) in [5.41, 5.74) is 4.25. The van der Waals surface area contributed by atoms with Gasteiger partial charge in [-0.2, -0.15) is 5.10 Å². The molecule has 1 unspecified atom stereocenters. The largest absolute Gasteiger partial charge is 0.338 e. The fraction of sp³-hybridized carbons (Fsp3) is 0.250. The van der Waals surface area contributed by atoms with Crippen LogP contribution in [-0.4, -0.2) is 53.5 Å². The third-order valence-corrected chi connectivity index (χ3v) is 8.42. The second-order valence-electron chi connectivity index (χ2n) is 8.76. The quantitative estimate of drug-likeness (QED) is 0.392. The first-order valence-electron chi connectivity index (χ1n) is 11.4. The maximum Gasteiger partial charge on any atom is 0.319 e. The number of aromatic amines is 1. The Hall–Kier alpha value is -3.99. The lowest BCUT2D eigenvalue weighted by Crippen LogP contribution is -2.30. The Bertz CT molecular complexity index is 1550. The monoisotopic (exact) mass is 489 g/mol. The molecule has 2 amide bonds. The minimum absolute atomic E-state index is 0.124. The number of para-hydroxylation sites is 1. The van der Waals surface area contributed by atoms with Gasteiger partial charge >= 0.3 is 6.03 Å². The molecular formula is C24H23N7O3S. The number of carbonyl (C=O) groups is 1. The second-order valence-corrected chi connectivity index (χ2v) is 10.8. The molecule has 0 saturated heterocycles. The molecular weight excluding hydrogens is 466 g/mol. The predicted molar refractivity (Wildman–Crippen MR) is 132 cm³/mol. The third-order valence-electron chi connectivity index (χ3n) is 6.63. The number of hydrogen-bond acceptors (Lipinski definition) is 7. The van der Waals surface area contributed by atoms with Crippen LogP contribution < -0.4 is 15.5 Å². The lowest BCUT2D eigenvalue weighted by atomic mass is 9.98. The van der Waals surface area contributed by atoms with Crippen molar-refractivity contribution in [2.75, 3.05) is 29.1 Å². The summed E-state index contributed by atoms with van der Waals surface area (Å²) in [6.45, 7) is 1.19. The summed E-state index contributed by atoms with van der Waals surface area (Å²) in [5, 5.41) is 13.5. The van der Waals surface area contributed by atoms with E-state index in [0.717, 1.165) is 35.4 Å². The highest BCUT2D eigenvalue weighted by molar-refractivity contribution is 7.91. The number of amides is 2. The number of H-pyrrole nitrogens is 1. The number of hydrogen-bond donors (Lipinski definition) is 3. The Morgan fingerprint density at radius 3 is 2.97 bits per heavy atom. The molecule has 0 spiro atoms. The Labute approximate surface area is 201 Å². The summed E-state index contributed by atoms with van der Waals surface area (Å²) in [4.78, 5) is 23.7. The summed E-state index contributed by atoms with van der Waals surface area (Å²) < 4.78 is 24.3. The molecule has 2 aromatic heterocycles. The molecule has 178 valence electrons. The molecule has 4 aromatic rings. The Morgan fingerprint density at radius 2 is 2.06 bits per heavy atom. The number of fused-ring (bicyclic) bond motifs is 3. The zero-order valence-corrected chi connectivity index (χ0v) is 19.5. The number of nitrogens with zero attached hydrogens (tertiary/aromatic N) is 4. The lowest BCUT2D eigenvalue weighted by Gasteiger charge is -2.19. The first-order chi connectivity index (χ1) is 17.0. The van der Waals surface area contributed by atoms with Gasteiger partial charge < -0.3 is 15.5 Å². The van der Waals surface area contributed by atoms with Crippen molar-refractivity contribution in [2.24, 2.45) is 0 Å². The van der Waals surface area contributed by atoms with Gasteiger partial charge in [0.1, 0.15) is 12.1 Å². The Kier molecular flexibility index (Phi) is 5.14. The van der Waals surface area contributed by atoms with Gasteiger partial charge in [-0.25, -0.2) is 23.2 Å². The normalized spacial score (nSPS) is 17.8. The van der Waals surface area contributed by atoms with E-state index in [-0.39, 0.29) is 17.7 Å². The molecule has 0 radical (unpaired) electrons. The van der Waals surface area contributed by atoms with Crippen molar-refractivity contribution in [1.29, 1.82) is 0 Å². The molecule has 11 heteroatoms. The van der Waals surface area contributed by atoms with E-state index in [1.165, 1.54) is 11.9 Å². The number of aromatic nitrogens is 4. The van der Waals surface area contributed by atoms with Gasteiger partial charge in [-0.3, -0.25) is 5.10 Å². The van der Waals surface area contributed by atoms with E-state index in [4.69, 9.17) is 0 Å². The van der Waals surface area contributed by atoms with Crippen molar-refractivity contribution in [3.8, 4) is 0 Å². The minimum Gasteiger partial charge on any atom is -0.338 e. The summed E-state index contributed by atoms with van der Waals surface area (Å²) >= 11 is 0. The molecule has 0 bridgehead atoms. The zero-order chi connectivity index (χ0) is 24.0. The first kappa shape index (κ1) is 21.5. The summed E-state index contributed by atoms with van der Waals surface area (Å²) in [7, 11) is -3.25. The lowest BCUT2D eigenvalue weighted by molar-refractivity contribution is 0.251. The standard InChI is InChI=1S/C24H23N7O3S/c32-24(29-17-6-5-15-8-10-35(33,34)21(15)11-17)25-9-7-16-13-31(20-4-2-1-3-18(16)20)23-19-12-28-30-22(19)26-14-27-23/h1-6,11-12,14,16H,7-10,13H2,(H2,25,29,32)(H,26,27,28,30). The van der Waals surface area contributed by atoms with Crippen LogP contribution in [0.1, 0.15) is 23.5 Å². The van der Waals surface area contributed by atoms with Crippen LogP contribution in [0, 0.1) is 0 Å². The third kappa shape index (κ3) is 3.87. The van der Waals surface area contributed by atoms with Gasteiger partial charge in [0.2, 0.25) is 0 Å². The van der Waals surface area contributed by atoms with Crippen LogP contribution in [0.25, 0.3) is 11.0 Å². The maximum absolute atomic E-state index is 12.5. The molecule has 1 atom stereocenters. The van der Waals surface area contributed by atoms with Gasteiger partial charge in [0.25, 0.3) is 0 Å². The highest BCUT2D eigenvalue weighted by Crippen LogP contribution is 2.42. The summed E-state index contributed by atoms with van der Waals surface area (Å²) in [6.07, 6.45) is 4.52. The van der Waals surface area contributed by atoms with Crippen molar-refractivity contribution in [3.63, 3.8) is 0 Å². The molecule has 6 rings (SSSR count). The fourth-order valence-electron chi connectivity index (χ4n) is 4.93. The molecule has 10 nitrogen and oxygen atoms in total. The second kappa shape index (κ2) is 8.35. The first-order valence-corrected chi connectivity index (χ1v) is 13.1. The van der Waals surface area contributed by atoms with Crippen LogP contribution in [0.5, 0.6) is 0 Å². The maximum atomic E-state index is 12.5. The van der Waals surface area contributed by atoms with Crippen molar-refractivity contribution < 1.29 is 13.2 Å². The highest BCUT2D eigenvalue weighted by Gasteiger charge is 2.31. The van der Waals surface area contributed by atoms with Gasteiger partial charge in [0, 0.05) is 30.4 Å². The minimum atomic E-state index is -3.25. The van der Waals surface area contributed by atoms with Gasteiger partial charge in [-0.1, -0.05) is 24.3 Å². The zero-order valence-electron chi connectivity index (χ0n) is 18.7. The van der Waals surface area contributed by atoms with E-state index in [1.807, 2.05) is 12.1 Å². The fourth-order valence-corrected chi connectivity index (χ4v) is 6.51. The number of nitrogens with one attached hydrogen (secondary N) is 3. The number of anilines is 3. The average Bonchev–Trinajstić information content (AvgIpc) is 3.55. The Morgan fingerprint density at radius 1 is 1.17 bits per heavy atom. The van der Waals surface area contributed by atoms with E-state index in [2.05, 4.69) is 47.8 Å². The van der Waals surface area contributed by atoms with Crippen molar-refractivity contribution in [3.05, 3.63) is 66.1 Å². The van der Waals surface area contributed by atoms with Gasteiger partial charge in [0.05, 0.1) is 22.2 Å². The number of carbonyl (C=O) groups excluding carboxylic acids is 1. The molecule has 35 heavy (non-hydrogen) atoms. The van der Waals surface area contributed by atoms with Crippen LogP contribution in [0.15, 0.2) is 59.9 Å². The van der Waals surface area contributed by atoms with Gasteiger partial charge in [0.15, 0.2) is 15.5 Å². The average molecular weight is 490 g/mol. The molecule has 2 aromatic carbocycles. The van der Waals surface area contributed by atoms with Crippen LogP contribution in [-0.2, 0) is 16.3 Å². The van der Waals surface area contributed by atoms with Crippen LogP contribution in [0.3, 0.4) is 0 Å². The van der Waals surface area contributed by atoms with E-state index in [9.17, 15) is 13.2 Å². The summed E-state index contributed by atoms with van der Waals surface area (Å²) in [6, 6.07) is 12.9. The van der Waals surface area contributed by atoms with Gasteiger partial charge in [-0.15, -0.1) is 0 Å². The number of benzene rings is 2. The Balaban J connectivity index is 1.12. The SMILES string of the molecule is O=C(NCCC1CN(c2ncnc3[nH]ncc23)c2ccccc21)Nc1ccc2c(c1)S(=O)(=O)CC2. The van der Waals surface area contributed by atoms with Crippen molar-refractivity contribution in [2.45, 2.75) is 23.7 Å². The van der Waals surface area contributed by atoms with Gasteiger partial charge in [-0.05, 0) is 42.2 Å². The summed E-state index contributed by atoms with van der Waals surface area (Å²) in [5.74, 6) is 1.13. The molecule has 0 saturated carbocycles. The molecule has 4 heterocycles. The molecule has 2 aliphatic heterocycles. The topological polar surface area (TPSA) is 133 Å². The van der Waals surface area contributed by atoms with E-state index in [0.29, 0.717) is 29.2 Å². The number of urea groups is 1. The highest BCUT2D eigenvalue weighted by atomic mass is 32.2. The number of sulfone groups is 1. The van der Waals surface area contributed by atoms with E-state index in [1.54, 1.807) is 24.4 Å². The smallest absolute Gasteiger partial charge is 0.319 e. The number of aryl methyl sites for hydroxylation is 1. The van der Waals surface area contributed by atoms with Crippen molar-refractivity contribution >= 4 is 44.1 Å². The van der Waals surface area contributed by atoms with E-state index < -0.39 is 9.84 Å². The molecule has 2 aliphatic rings. The van der Waals surface area contributed by atoms with E-state index >= 15 is 0 Å². The van der Waals surface area contributed by atoms with Crippen LogP contribution in [0.4, 0.5) is 22.0 Å².